The molecule has 118 valence electrons. The highest BCUT2D eigenvalue weighted by atomic mass is 79.9. The quantitative estimate of drug-likeness (QED) is 0.765. The summed E-state index contributed by atoms with van der Waals surface area (Å²) in [5.74, 6) is 0.296. The second-order valence-electron chi connectivity index (χ2n) is 5.53. The first-order valence-electron chi connectivity index (χ1n) is 7.56. The normalized spacial score (nSPS) is 16.2. The first-order valence-corrected chi connectivity index (χ1v) is 7.56. The third-order valence-electron chi connectivity index (χ3n) is 3.97. The van der Waals surface area contributed by atoms with Crippen molar-refractivity contribution in [2.75, 3.05) is 13.1 Å². The molecule has 1 atom stereocenters. The number of hydrogen-bond donors (Lipinski definition) is 2. The first kappa shape index (κ1) is 18.2. The van der Waals surface area contributed by atoms with Gasteiger partial charge in [0.25, 0.3) is 0 Å². The van der Waals surface area contributed by atoms with Crippen molar-refractivity contribution in [2.45, 2.75) is 45.3 Å². The number of benzene rings is 1. The monoisotopic (exact) mass is 355 g/mol. The molecule has 1 unspecified atom stereocenters. The molecule has 0 radical (unpaired) electrons. The van der Waals surface area contributed by atoms with E-state index in [1.165, 1.54) is 18.4 Å². The second-order valence-corrected chi connectivity index (χ2v) is 5.53. The average molecular weight is 356 g/mol. The minimum atomic E-state index is -0.340. The molecule has 21 heavy (non-hydrogen) atoms. The Labute approximate surface area is 138 Å². The maximum Gasteiger partial charge on any atom is 0.115 e. The molecular formula is C17H26BrNO2. The van der Waals surface area contributed by atoms with Gasteiger partial charge in [-0.2, -0.15) is 0 Å². The van der Waals surface area contributed by atoms with Crippen molar-refractivity contribution in [3.05, 3.63) is 41.5 Å². The molecule has 2 rings (SSSR count). The Morgan fingerprint density at radius 1 is 1.19 bits per heavy atom. The van der Waals surface area contributed by atoms with Gasteiger partial charge < -0.3 is 10.2 Å². The predicted octanol–water partition coefficient (Wildman–Crippen LogP) is 3.65. The van der Waals surface area contributed by atoms with Crippen LogP contribution in [-0.2, 0) is 6.54 Å². The highest BCUT2D eigenvalue weighted by Gasteiger charge is 2.16. The molecule has 0 saturated heterocycles. The Balaban J connectivity index is 0.00000220. The van der Waals surface area contributed by atoms with E-state index in [-0.39, 0.29) is 23.1 Å². The van der Waals surface area contributed by atoms with E-state index in [0.29, 0.717) is 12.3 Å². The summed E-state index contributed by atoms with van der Waals surface area (Å²) in [4.78, 5) is 2.24. The predicted molar refractivity (Wildman–Crippen MR) is 91.9 cm³/mol. The van der Waals surface area contributed by atoms with Gasteiger partial charge in [-0.25, -0.2) is 0 Å². The molecule has 3 nitrogen and oxygen atoms in total. The Hall–Kier alpha value is -0.840. The van der Waals surface area contributed by atoms with Gasteiger partial charge in [-0.1, -0.05) is 25.1 Å². The molecule has 1 aromatic rings. The lowest BCUT2D eigenvalue weighted by atomic mass is 9.95. The number of aliphatic hydroxyl groups excluding tert-OH is 1. The van der Waals surface area contributed by atoms with Gasteiger partial charge in [0.05, 0.1) is 6.10 Å². The van der Waals surface area contributed by atoms with Gasteiger partial charge >= 0.3 is 0 Å². The SMILES string of the molecule is Br.CCN(Cc1ccc(O)cc1)CC(O)C1=CCCCC1. The van der Waals surface area contributed by atoms with Crippen LogP contribution in [0.2, 0.25) is 0 Å². The molecular weight excluding hydrogens is 330 g/mol. The molecule has 4 heteroatoms. The standard InChI is InChI=1S/C17H25NO2.BrH/c1-2-18(12-14-8-10-16(19)11-9-14)13-17(20)15-6-4-3-5-7-15;/h6,8-11,17,19-20H,2-5,7,12-13H2,1H3;1H. The van der Waals surface area contributed by atoms with Gasteiger partial charge in [0.2, 0.25) is 0 Å². The number of hydrogen-bond acceptors (Lipinski definition) is 3. The summed E-state index contributed by atoms with van der Waals surface area (Å²) in [5, 5.41) is 19.7. The topological polar surface area (TPSA) is 43.7 Å². The summed E-state index contributed by atoms with van der Waals surface area (Å²) in [7, 11) is 0. The molecule has 0 aromatic heterocycles. The van der Waals surface area contributed by atoms with Gasteiger partial charge in [0.1, 0.15) is 5.75 Å². The van der Waals surface area contributed by atoms with Crippen LogP contribution in [0, 0.1) is 0 Å². The third kappa shape index (κ3) is 5.81. The first-order chi connectivity index (χ1) is 9.69. The van der Waals surface area contributed by atoms with Gasteiger partial charge in [-0.3, -0.25) is 4.90 Å². The van der Waals surface area contributed by atoms with Crippen LogP contribution in [-0.4, -0.2) is 34.3 Å². The Morgan fingerprint density at radius 2 is 1.90 bits per heavy atom. The Bertz CT molecular complexity index is 445. The molecule has 1 aliphatic carbocycles. The minimum absolute atomic E-state index is 0. The van der Waals surface area contributed by atoms with Crippen LogP contribution >= 0.6 is 17.0 Å². The van der Waals surface area contributed by atoms with E-state index in [1.54, 1.807) is 12.1 Å². The van der Waals surface area contributed by atoms with E-state index in [9.17, 15) is 10.2 Å². The van der Waals surface area contributed by atoms with E-state index in [4.69, 9.17) is 0 Å². The molecule has 0 fully saturated rings. The number of allylic oxidation sites excluding steroid dienone is 1. The zero-order valence-electron chi connectivity index (χ0n) is 12.7. The fourth-order valence-electron chi connectivity index (χ4n) is 2.69. The van der Waals surface area contributed by atoms with Crippen LogP contribution in [0.4, 0.5) is 0 Å². The average Bonchev–Trinajstić information content (AvgIpc) is 2.49. The largest absolute Gasteiger partial charge is 0.508 e. The van der Waals surface area contributed by atoms with E-state index in [2.05, 4.69) is 17.9 Å². The van der Waals surface area contributed by atoms with Crippen molar-refractivity contribution in [1.29, 1.82) is 0 Å². The van der Waals surface area contributed by atoms with Crippen LogP contribution in [0.15, 0.2) is 35.9 Å². The minimum Gasteiger partial charge on any atom is -0.508 e. The lowest BCUT2D eigenvalue weighted by molar-refractivity contribution is 0.133. The van der Waals surface area contributed by atoms with E-state index in [1.807, 2.05) is 12.1 Å². The summed E-state index contributed by atoms with van der Waals surface area (Å²) in [5.41, 5.74) is 2.37. The van der Waals surface area contributed by atoms with Crippen molar-refractivity contribution in [3.63, 3.8) is 0 Å². The maximum absolute atomic E-state index is 10.3. The fraction of sp³-hybridized carbons (Fsp3) is 0.529. The zero-order valence-corrected chi connectivity index (χ0v) is 14.4. The number of likely N-dealkylation sites (N-methyl/N-ethyl adjacent to an activating group) is 1. The summed E-state index contributed by atoms with van der Waals surface area (Å²) in [6.45, 7) is 4.51. The maximum atomic E-state index is 10.3. The van der Waals surface area contributed by atoms with Crippen molar-refractivity contribution >= 4 is 17.0 Å². The van der Waals surface area contributed by atoms with E-state index >= 15 is 0 Å². The summed E-state index contributed by atoms with van der Waals surface area (Å²) >= 11 is 0. The number of aliphatic hydroxyl groups is 1. The highest BCUT2D eigenvalue weighted by molar-refractivity contribution is 8.93. The number of phenols is 1. The van der Waals surface area contributed by atoms with Crippen molar-refractivity contribution in [3.8, 4) is 5.75 Å². The number of rotatable bonds is 6. The Kier molecular flexibility index (Phi) is 8.01. The summed E-state index contributed by atoms with van der Waals surface area (Å²) < 4.78 is 0. The lowest BCUT2D eigenvalue weighted by Gasteiger charge is -2.26. The van der Waals surface area contributed by atoms with Gasteiger partial charge in [-0.15, -0.1) is 17.0 Å². The highest BCUT2D eigenvalue weighted by Crippen LogP contribution is 2.21. The molecule has 0 amide bonds. The molecule has 0 bridgehead atoms. The second kappa shape index (κ2) is 9.23. The number of phenolic OH excluding ortho intramolecular Hbond substituents is 1. The van der Waals surface area contributed by atoms with Crippen LogP contribution < -0.4 is 0 Å². The van der Waals surface area contributed by atoms with Crippen molar-refractivity contribution in [2.24, 2.45) is 0 Å². The van der Waals surface area contributed by atoms with Crippen molar-refractivity contribution in [1.82, 2.24) is 4.90 Å². The van der Waals surface area contributed by atoms with Crippen LogP contribution in [0.1, 0.15) is 38.2 Å². The summed E-state index contributed by atoms with van der Waals surface area (Å²) in [6.07, 6.45) is 6.47. The van der Waals surface area contributed by atoms with Crippen LogP contribution in [0.5, 0.6) is 5.75 Å². The molecule has 1 aromatic carbocycles. The van der Waals surface area contributed by atoms with Gasteiger partial charge in [0.15, 0.2) is 0 Å². The molecule has 0 saturated carbocycles. The van der Waals surface area contributed by atoms with Crippen LogP contribution in [0.25, 0.3) is 0 Å². The van der Waals surface area contributed by atoms with Gasteiger partial charge in [0, 0.05) is 13.1 Å². The van der Waals surface area contributed by atoms with Crippen molar-refractivity contribution < 1.29 is 10.2 Å². The fourth-order valence-corrected chi connectivity index (χ4v) is 2.69. The lowest BCUT2D eigenvalue weighted by Crippen LogP contribution is -2.33. The third-order valence-corrected chi connectivity index (χ3v) is 3.97. The Morgan fingerprint density at radius 3 is 2.48 bits per heavy atom. The molecule has 1 aliphatic rings. The number of aromatic hydroxyl groups is 1. The molecule has 0 heterocycles. The van der Waals surface area contributed by atoms with E-state index in [0.717, 1.165) is 31.5 Å². The molecule has 2 N–H and O–H groups in total. The van der Waals surface area contributed by atoms with Crippen LogP contribution in [0.3, 0.4) is 0 Å². The van der Waals surface area contributed by atoms with Gasteiger partial charge in [-0.05, 0) is 55.5 Å². The smallest absolute Gasteiger partial charge is 0.115 e. The number of nitrogens with zero attached hydrogens (tertiary/aromatic N) is 1. The molecule has 0 spiro atoms. The zero-order chi connectivity index (χ0) is 14.4. The molecule has 0 aliphatic heterocycles. The summed E-state index contributed by atoms with van der Waals surface area (Å²) in [6, 6.07) is 7.29. The van der Waals surface area contributed by atoms with E-state index < -0.39 is 0 Å². The number of halogens is 1.